The number of benzene rings is 2. The third-order valence-corrected chi connectivity index (χ3v) is 4.41. The lowest BCUT2D eigenvalue weighted by Crippen LogP contribution is -2.28. The molecular formula is C21H21N5O4. The predicted octanol–water partition coefficient (Wildman–Crippen LogP) is 2.19. The van der Waals surface area contributed by atoms with E-state index in [1.807, 2.05) is 30.3 Å². The van der Waals surface area contributed by atoms with E-state index >= 15 is 0 Å². The number of rotatable bonds is 8. The minimum Gasteiger partial charge on any atom is -0.493 e. The summed E-state index contributed by atoms with van der Waals surface area (Å²) in [5.41, 5.74) is 6.84. The van der Waals surface area contributed by atoms with Gasteiger partial charge in [-0.05, 0) is 18.1 Å². The van der Waals surface area contributed by atoms with Gasteiger partial charge < -0.3 is 20.7 Å². The Kier molecular flexibility index (Phi) is 6.53. The molecule has 30 heavy (non-hydrogen) atoms. The van der Waals surface area contributed by atoms with Crippen LogP contribution in [0.5, 0.6) is 5.88 Å². The van der Waals surface area contributed by atoms with Crippen LogP contribution in [0.3, 0.4) is 0 Å². The molecule has 3 amide bonds. The highest BCUT2D eigenvalue weighted by molar-refractivity contribution is 5.96. The lowest BCUT2D eigenvalue weighted by Gasteiger charge is -2.03. The number of aromatic nitrogens is 1. The van der Waals surface area contributed by atoms with E-state index in [1.165, 1.54) is 4.57 Å². The molecule has 2 aromatic carbocycles. The molecule has 9 nitrogen and oxygen atoms in total. The standard InChI is InChI=1S/C21H21N5O4/c22-17(27)13-26-16-9-5-4-8-15(16)20(21(26)30)25-24-19(29)12-23-18(28)11-10-14-6-2-1-3-7-14/h1-9,30H,10-13H2,(H2,22,27)(H,23,28). The molecule has 0 atom stereocenters. The summed E-state index contributed by atoms with van der Waals surface area (Å²) in [6.45, 7) is -0.550. The summed E-state index contributed by atoms with van der Waals surface area (Å²) >= 11 is 0. The topological polar surface area (TPSA) is 139 Å². The SMILES string of the molecule is NC(=O)Cn1c(O)c(N=NC(=O)CNC(=O)CCc2ccccc2)c2ccccc21. The van der Waals surface area contributed by atoms with Gasteiger partial charge in [0.25, 0.3) is 5.91 Å². The van der Waals surface area contributed by atoms with E-state index in [4.69, 9.17) is 5.73 Å². The Morgan fingerprint density at radius 3 is 2.47 bits per heavy atom. The number of fused-ring (bicyclic) bond motifs is 1. The smallest absolute Gasteiger partial charge is 0.283 e. The number of carbonyl (C=O) groups excluding carboxylic acids is 3. The van der Waals surface area contributed by atoms with E-state index in [0.29, 0.717) is 17.3 Å². The molecule has 1 aromatic heterocycles. The van der Waals surface area contributed by atoms with Gasteiger partial charge in [0.1, 0.15) is 13.1 Å². The zero-order chi connectivity index (χ0) is 21.5. The molecule has 0 saturated carbocycles. The minimum atomic E-state index is -0.672. The number of hydrogen-bond acceptors (Lipinski definition) is 5. The largest absolute Gasteiger partial charge is 0.493 e. The van der Waals surface area contributed by atoms with Crippen LogP contribution in [0.15, 0.2) is 64.8 Å². The van der Waals surface area contributed by atoms with Crippen LogP contribution in [0.25, 0.3) is 10.9 Å². The van der Waals surface area contributed by atoms with E-state index in [1.54, 1.807) is 24.3 Å². The van der Waals surface area contributed by atoms with E-state index in [-0.39, 0.29) is 37.0 Å². The van der Waals surface area contributed by atoms with Gasteiger partial charge in [0.2, 0.25) is 17.7 Å². The minimum absolute atomic E-state index is 0.0515. The van der Waals surface area contributed by atoms with E-state index < -0.39 is 11.8 Å². The Balaban J connectivity index is 1.62. The van der Waals surface area contributed by atoms with Crippen molar-refractivity contribution in [3.05, 3.63) is 60.2 Å². The molecule has 0 bridgehead atoms. The van der Waals surface area contributed by atoms with Crippen LogP contribution in [-0.4, -0.2) is 33.9 Å². The molecule has 1 heterocycles. The molecule has 154 valence electrons. The number of aryl methyl sites for hydroxylation is 1. The first-order chi connectivity index (χ1) is 14.5. The maximum absolute atomic E-state index is 12.0. The summed E-state index contributed by atoms with van der Waals surface area (Å²) in [6, 6.07) is 16.4. The third kappa shape index (κ3) is 5.07. The fourth-order valence-corrected chi connectivity index (χ4v) is 2.99. The Labute approximate surface area is 172 Å². The molecule has 0 saturated heterocycles. The van der Waals surface area contributed by atoms with Gasteiger partial charge in [-0.1, -0.05) is 48.5 Å². The highest BCUT2D eigenvalue weighted by atomic mass is 16.3. The Morgan fingerprint density at radius 1 is 1.03 bits per heavy atom. The number of amides is 3. The van der Waals surface area contributed by atoms with Crippen molar-refractivity contribution < 1.29 is 19.5 Å². The van der Waals surface area contributed by atoms with Crippen LogP contribution in [0.2, 0.25) is 0 Å². The molecule has 4 N–H and O–H groups in total. The first kappa shape index (κ1) is 20.7. The zero-order valence-corrected chi connectivity index (χ0v) is 16.1. The molecule has 0 radical (unpaired) electrons. The van der Waals surface area contributed by atoms with E-state index in [9.17, 15) is 19.5 Å². The number of azo groups is 1. The predicted molar refractivity (Wildman–Crippen MR) is 110 cm³/mol. The number of nitrogens with two attached hydrogens (primary N) is 1. The first-order valence-electron chi connectivity index (χ1n) is 9.29. The highest BCUT2D eigenvalue weighted by Gasteiger charge is 2.17. The van der Waals surface area contributed by atoms with Gasteiger partial charge in [-0.2, -0.15) is 0 Å². The molecule has 3 rings (SSSR count). The van der Waals surface area contributed by atoms with Gasteiger partial charge >= 0.3 is 0 Å². The van der Waals surface area contributed by atoms with Crippen LogP contribution in [0.4, 0.5) is 5.69 Å². The Bertz CT molecular complexity index is 1110. The molecule has 3 aromatic rings. The fraction of sp³-hybridized carbons (Fsp3) is 0.190. The highest BCUT2D eigenvalue weighted by Crippen LogP contribution is 2.38. The number of hydrogen-bond donors (Lipinski definition) is 3. The van der Waals surface area contributed by atoms with Crippen molar-refractivity contribution in [3.63, 3.8) is 0 Å². The summed E-state index contributed by atoms with van der Waals surface area (Å²) in [4.78, 5) is 35.2. The number of para-hydroxylation sites is 1. The normalized spacial score (nSPS) is 11.1. The van der Waals surface area contributed by atoms with Crippen LogP contribution in [0, 0.1) is 0 Å². The third-order valence-electron chi connectivity index (χ3n) is 4.41. The second kappa shape index (κ2) is 9.46. The molecule has 9 heteroatoms. The molecule has 0 spiro atoms. The van der Waals surface area contributed by atoms with Gasteiger partial charge in [-0.15, -0.1) is 10.2 Å². The second-order valence-corrected chi connectivity index (χ2v) is 6.60. The van der Waals surface area contributed by atoms with Gasteiger partial charge in [-0.25, -0.2) is 0 Å². The molecule has 0 aliphatic heterocycles. The van der Waals surface area contributed by atoms with Crippen molar-refractivity contribution in [3.8, 4) is 5.88 Å². The molecule has 0 unspecified atom stereocenters. The monoisotopic (exact) mass is 407 g/mol. The molecule has 0 aliphatic carbocycles. The first-order valence-corrected chi connectivity index (χ1v) is 9.29. The summed E-state index contributed by atoms with van der Waals surface area (Å²) in [5, 5.41) is 20.8. The van der Waals surface area contributed by atoms with Gasteiger partial charge in [0.05, 0.1) is 5.52 Å². The van der Waals surface area contributed by atoms with E-state index in [2.05, 4.69) is 15.5 Å². The van der Waals surface area contributed by atoms with Crippen molar-refractivity contribution in [2.24, 2.45) is 16.0 Å². The Morgan fingerprint density at radius 2 is 1.73 bits per heavy atom. The van der Waals surface area contributed by atoms with Gasteiger partial charge in [0, 0.05) is 11.8 Å². The van der Waals surface area contributed by atoms with Crippen LogP contribution < -0.4 is 11.1 Å². The molecule has 0 aliphatic rings. The number of aromatic hydroxyl groups is 1. The van der Waals surface area contributed by atoms with E-state index in [0.717, 1.165) is 5.56 Å². The quantitative estimate of drug-likeness (QED) is 0.493. The summed E-state index contributed by atoms with van der Waals surface area (Å²) in [6.07, 6.45) is 0.811. The number of carbonyl (C=O) groups is 3. The van der Waals surface area contributed by atoms with Crippen molar-refractivity contribution in [2.45, 2.75) is 19.4 Å². The van der Waals surface area contributed by atoms with Gasteiger partial charge in [0.15, 0.2) is 5.69 Å². The summed E-state index contributed by atoms with van der Waals surface area (Å²) in [7, 11) is 0. The van der Waals surface area contributed by atoms with Crippen molar-refractivity contribution >= 4 is 34.3 Å². The van der Waals surface area contributed by atoms with Crippen molar-refractivity contribution in [1.82, 2.24) is 9.88 Å². The number of primary amides is 1. The second-order valence-electron chi connectivity index (χ2n) is 6.60. The zero-order valence-electron chi connectivity index (χ0n) is 16.1. The fourth-order valence-electron chi connectivity index (χ4n) is 2.99. The van der Waals surface area contributed by atoms with Crippen LogP contribution in [-0.2, 0) is 27.3 Å². The maximum Gasteiger partial charge on any atom is 0.283 e. The van der Waals surface area contributed by atoms with Crippen LogP contribution in [0.1, 0.15) is 12.0 Å². The molecular weight excluding hydrogens is 386 g/mol. The molecule has 0 fully saturated rings. The van der Waals surface area contributed by atoms with Gasteiger partial charge in [-0.3, -0.25) is 14.4 Å². The average molecular weight is 407 g/mol. The van der Waals surface area contributed by atoms with Crippen LogP contribution >= 0.6 is 0 Å². The van der Waals surface area contributed by atoms with Crippen molar-refractivity contribution in [2.75, 3.05) is 6.54 Å². The lowest BCUT2D eigenvalue weighted by molar-refractivity contribution is -0.124. The maximum atomic E-state index is 12.0. The summed E-state index contributed by atoms with van der Waals surface area (Å²) < 4.78 is 1.29. The number of nitrogens with zero attached hydrogens (tertiary/aromatic N) is 3. The van der Waals surface area contributed by atoms with Crippen molar-refractivity contribution in [1.29, 1.82) is 0 Å². The Hall–Kier alpha value is -4.01. The average Bonchev–Trinajstić information content (AvgIpc) is 3.00. The lowest BCUT2D eigenvalue weighted by atomic mass is 10.1. The summed E-state index contributed by atoms with van der Waals surface area (Å²) in [5.74, 6) is -1.90. The number of nitrogens with one attached hydrogen (secondary N) is 1.